The monoisotopic (exact) mass is 287 g/mol. The standard InChI is InChI=1S/C17H21NO3/c1-3-20-16-8-6-14(7-9-16)13-18(2)17(19)11-10-15-5-4-12-21-15/h4-9,12H,3,10-11,13H2,1-2H3. The summed E-state index contributed by atoms with van der Waals surface area (Å²) in [6.45, 7) is 3.22. The molecular formula is C17H21NO3. The highest BCUT2D eigenvalue weighted by Crippen LogP contribution is 2.14. The summed E-state index contributed by atoms with van der Waals surface area (Å²) in [7, 11) is 1.82. The first kappa shape index (κ1) is 15.2. The number of hydrogen-bond donors (Lipinski definition) is 0. The SMILES string of the molecule is CCOc1ccc(CN(C)C(=O)CCc2ccco2)cc1. The molecule has 4 heteroatoms. The molecule has 2 rings (SSSR count). The number of aryl methyl sites for hydroxylation is 1. The van der Waals surface area contributed by atoms with Crippen molar-refractivity contribution in [1.29, 1.82) is 0 Å². The Bertz CT molecular complexity index is 546. The number of rotatable bonds is 7. The van der Waals surface area contributed by atoms with E-state index in [0.717, 1.165) is 17.1 Å². The van der Waals surface area contributed by atoms with Gasteiger partial charge in [-0.25, -0.2) is 0 Å². The molecule has 0 unspecified atom stereocenters. The number of ether oxygens (including phenoxy) is 1. The summed E-state index contributed by atoms with van der Waals surface area (Å²) in [5, 5.41) is 0. The van der Waals surface area contributed by atoms with E-state index in [9.17, 15) is 4.79 Å². The predicted molar refractivity (Wildman–Crippen MR) is 81.1 cm³/mol. The van der Waals surface area contributed by atoms with Gasteiger partial charge in [-0.3, -0.25) is 4.79 Å². The maximum absolute atomic E-state index is 12.1. The van der Waals surface area contributed by atoms with E-state index in [1.165, 1.54) is 0 Å². The minimum atomic E-state index is 0.111. The lowest BCUT2D eigenvalue weighted by Gasteiger charge is -2.17. The second-order valence-electron chi connectivity index (χ2n) is 4.91. The van der Waals surface area contributed by atoms with Gasteiger partial charge in [-0.15, -0.1) is 0 Å². The average Bonchev–Trinajstić information content (AvgIpc) is 3.00. The molecule has 1 heterocycles. The van der Waals surface area contributed by atoms with Crippen LogP contribution in [0, 0.1) is 0 Å². The molecule has 2 aromatic rings. The molecule has 0 aliphatic heterocycles. The quantitative estimate of drug-likeness (QED) is 0.785. The predicted octanol–water partition coefficient (Wildman–Crippen LogP) is 3.27. The minimum Gasteiger partial charge on any atom is -0.494 e. The fourth-order valence-corrected chi connectivity index (χ4v) is 2.10. The van der Waals surface area contributed by atoms with Crippen molar-refractivity contribution < 1.29 is 13.9 Å². The Morgan fingerprint density at radius 2 is 2.00 bits per heavy atom. The van der Waals surface area contributed by atoms with E-state index in [0.29, 0.717) is 26.0 Å². The van der Waals surface area contributed by atoms with Gasteiger partial charge in [-0.1, -0.05) is 12.1 Å². The fraction of sp³-hybridized carbons (Fsp3) is 0.353. The fourth-order valence-electron chi connectivity index (χ4n) is 2.10. The lowest BCUT2D eigenvalue weighted by molar-refractivity contribution is -0.130. The lowest BCUT2D eigenvalue weighted by Crippen LogP contribution is -2.26. The first-order valence-corrected chi connectivity index (χ1v) is 7.17. The van der Waals surface area contributed by atoms with Gasteiger partial charge in [-0.05, 0) is 36.8 Å². The summed E-state index contributed by atoms with van der Waals surface area (Å²) >= 11 is 0. The van der Waals surface area contributed by atoms with Crippen molar-refractivity contribution in [3.8, 4) is 5.75 Å². The van der Waals surface area contributed by atoms with Gasteiger partial charge in [0.05, 0.1) is 12.9 Å². The minimum absolute atomic E-state index is 0.111. The second kappa shape index (κ2) is 7.53. The van der Waals surface area contributed by atoms with Crippen LogP contribution in [0.3, 0.4) is 0 Å². The molecule has 0 aliphatic carbocycles. The lowest BCUT2D eigenvalue weighted by atomic mass is 10.2. The van der Waals surface area contributed by atoms with E-state index in [4.69, 9.17) is 9.15 Å². The Morgan fingerprint density at radius 3 is 2.62 bits per heavy atom. The molecule has 0 fully saturated rings. The van der Waals surface area contributed by atoms with Crippen LogP contribution in [0.2, 0.25) is 0 Å². The molecule has 0 saturated carbocycles. The van der Waals surface area contributed by atoms with Crippen LogP contribution in [0.4, 0.5) is 0 Å². The number of furan rings is 1. The van der Waals surface area contributed by atoms with Gasteiger partial charge in [0, 0.05) is 26.4 Å². The van der Waals surface area contributed by atoms with Gasteiger partial charge < -0.3 is 14.1 Å². The van der Waals surface area contributed by atoms with Crippen molar-refractivity contribution in [2.45, 2.75) is 26.3 Å². The van der Waals surface area contributed by atoms with E-state index in [-0.39, 0.29) is 5.91 Å². The summed E-state index contributed by atoms with van der Waals surface area (Å²) in [5.41, 5.74) is 1.09. The summed E-state index contributed by atoms with van der Waals surface area (Å²) in [4.78, 5) is 13.8. The van der Waals surface area contributed by atoms with Crippen molar-refractivity contribution in [2.24, 2.45) is 0 Å². The molecule has 21 heavy (non-hydrogen) atoms. The largest absolute Gasteiger partial charge is 0.494 e. The summed E-state index contributed by atoms with van der Waals surface area (Å²) in [6.07, 6.45) is 2.73. The summed E-state index contributed by atoms with van der Waals surface area (Å²) in [6, 6.07) is 11.6. The Kier molecular flexibility index (Phi) is 5.43. The van der Waals surface area contributed by atoms with Crippen LogP contribution < -0.4 is 4.74 Å². The third kappa shape index (κ3) is 4.67. The van der Waals surface area contributed by atoms with Crippen molar-refractivity contribution in [3.63, 3.8) is 0 Å². The molecule has 0 N–H and O–H groups in total. The second-order valence-corrected chi connectivity index (χ2v) is 4.91. The van der Waals surface area contributed by atoms with Crippen molar-refractivity contribution in [2.75, 3.05) is 13.7 Å². The Labute approximate surface area is 125 Å². The van der Waals surface area contributed by atoms with E-state index < -0.39 is 0 Å². The zero-order chi connectivity index (χ0) is 15.1. The zero-order valence-electron chi connectivity index (χ0n) is 12.5. The van der Waals surface area contributed by atoms with Crippen molar-refractivity contribution in [1.82, 2.24) is 4.90 Å². The van der Waals surface area contributed by atoms with Crippen LogP contribution in [-0.4, -0.2) is 24.5 Å². The molecular weight excluding hydrogens is 266 g/mol. The molecule has 0 saturated heterocycles. The van der Waals surface area contributed by atoms with Crippen LogP contribution in [0.1, 0.15) is 24.7 Å². The normalized spacial score (nSPS) is 10.4. The molecule has 1 aromatic heterocycles. The molecule has 112 valence electrons. The van der Waals surface area contributed by atoms with E-state index >= 15 is 0 Å². The number of hydrogen-bond acceptors (Lipinski definition) is 3. The molecule has 0 atom stereocenters. The maximum Gasteiger partial charge on any atom is 0.223 e. The highest BCUT2D eigenvalue weighted by molar-refractivity contribution is 5.76. The highest BCUT2D eigenvalue weighted by Gasteiger charge is 2.10. The molecule has 0 bridgehead atoms. The molecule has 1 aromatic carbocycles. The topological polar surface area (TPSA) is 42.7 Å². The van der Waals surface area contributed by atoms with Crippen LogP contribution in [-0.2, 0) is 17.8 Å². The average molecular weight is 287 g/mol. The van der Waals surface area contributed by atoms with Gasteiger partial charge in [-0.2, -0.15) is 0 Å². The number of carbonyl (C=O) groups is 1. The number of amides is 1. The maximum atomic E-state index is 12.1. The summed E-state index contributed by atoms with van der Waals surface area (Å²) in [5.74, 6) is 1.81. The van der Waals surface area contributed by atoms with Gasteiger partial charge in [0.15, 0.2) is 0 Å². The molecule has 1 amide bonds. The number of benzene rings is 1. The Hall–Kier alpha value is -2.23. The zero-order valence-corrected chi connectivity index (χ0v) is 12.5. The Balaban J connectivity index is 1.82. The van der Waals surface area contributed by atoms with Crippen molar-refractivity contribution >= 4 is 5.91 Å². The number of carbonyl (C=O) groups excluding carboxylic acids is 1. The molecule has 0 aliphatic rings. The van der Waals surface area contributed by atoms with Crippen LogP contribution >= 0.6 is 0 Å². The van der Waals surface area contributed by atoms with Crippen LogP contribution in [0.5, 0.6) is 5.75 Å². The van der Waals surface area contributed by atoms with E-state index in [1.807, 2.05) is 50.4 Å². The van der Waals surface area contributed by atoms with Gasteiger partial charge in [0.1, 0.15) is 11.5 Å². The summed E-state index contributed by atoms with van der Waals surface area (Å²) < 4.78 is 10.6. The van der Waals surface area contributed by atoms with Gasteiger partial charge in [0.25, 0.3) is 0 Å². The highest BCUT2D eigenvalue weighted by atomic mass is 16.5. The molecule has 4 nitrogen and oxygen atoms in total. The van der Waals surface area contributed by atoms with E-state index in [2.05, 4.69) is 0 Å². The first-order chi connectivity index (χ1) is 10.2. The van der Waals surface area contributed by atoms with Crippen molar-refractivity contribution in [3.05, 3.63) is 54.0 Å². The first-order valence-electron chi connectivity index (χ1n) is 7.17. The molecule has 0 spiro atoms. The van der Waals surface area contributed by atoms with Crippen LogP contribution in [0.25, 0.3) is 0 Å². The third-order valence-electron chi connectivity index (χ3n) is 3.25. The number of nitrogens with zero attached hydrogens (tertiary/aromatic N) is 1. The smallest absolute Gasteiger partial charge is 0.223 e. The van der Waals surface area contributed by atoms with Crippen LogP contribution in [0.15, 0.2) is 47.1 Å². The van der Waals surface area contributed by atoms with E-state index in [1.54, 1.807) is 11.2 Å². The Morgan fingerprint density at radius 1 is 1.24 bits per heavy atom. The van der Waals surface area contributed by atoms with Gasteiger partial charge >= 0.3 is 0 Å². The molecule has 0 radical (unpaired) electrons. The van der Waals surface area contributed by atoms with Gasteiger partial charge in [0.2, 0.25) is 5.91 Å². The third-order valence-corrected chi connectivity index (χ3v) is 3.25.